The number of amides is 1. The van der Waals surface area contributed by atoms with Crippen molar-refractivity contribution in [2.75, 3.05) is 11.9 Å². The van der Waals surface area contributed by atoms with Crippen molar-refractivity contribution in [3.63, 3.8) is 0 Å². The van der Waals surface area contributed by atoms with Gasteiger partial charge in [-0.25, -0.2) is 0 Å². The van der Waals surface area contributed by atoms with Crippen molar-refractivity contribution in [1.29, 1.82) is 0 Å². The van der Waals surface area contributed by atoms with Crippen molar-refractivity contribution in [2.45, 2.75) is 13.2 Å². The Morgan fingerprint density at radius 3 is 2.86 bits per heavy atom. The summed E-state index contributed by atoms with van der Waals surface area (Å²) in [5, 5.41) is 2.66. The largest absolute Gasteiger partial charge is 0.492 e. The van der Waals surface area contributed by atoms with Crippen molar-refractivity contribution < 1.29 is 9.53 Å². The van der Waals surface area contributed by atoms with E-state index in [0.717, 1.165) is 0 Å². The number of para-hydroxylation sites is 2. The van der Waals surface area contributed by atoms with Crippen LogP contribution in [-0.2, 0) is 4.79 Å². The molecule has 1 N–H and O–H groups in total. The second-order valence-electron chi connectivity index (χ2n) is 2.68. The van der Waals surface area contributed by atoms with Crippen LogP contribution in [0.2, 0.25) is 6.32 Å². The SMILES string of the molecule is [B]CC(=O)Nc1ccccc1OCC. The number of hydrogen-bond donors (Lipinski definition) is 1. The molecule has 1 rings (SSSR count). The first kappa shape index (κ1) is 10.6. The molecule has 0 bridgehead atoms. The molecule has 4 heteroatoms. The summed E-state index contributed by atoms with van der Waals surface area (Å²) in [6.45, 7) is 2.46. The van der Waals surface area contributed by atoms with Gasteiger partial charge in [0, 0.05) is 0 Å². The van der Waals surface area contributed by atoms with Gasteiger partial charge in [-0.1, -0.05) is 12.1 Å². The number of carbonyl (C=O) groups excluding carboxylic acids is 1. The summed E-state index contributed by atoms with van der Waals surface area (Å²) in [7, 11) is 5.19. The molecule has 3 nitrogen and oxygen atoms in total. The second kappa shape index (κ2) is 5.32. The van der Waals surface area contributed by atoms with Crippen molar-refractivity contribution in [1.82, 2.24) is 0 Å². The molecule has 2 radical (unpaired) electrons. The van der Waals surface area contributed by atoms with Crippen molar-refractivity contribution in [2.24, 2.45) is 0 Å². The van der Waals surface area contributed by atoms with Gasteiger partial charge in [0.2, 0.25) is 5.91 Å². The Balaban J connectivity index is 2.78. The molecule has 0 aromatic heterocycles. The number of carbonyl (C=O) groups is 1. The predicted octanol–water partition coefficient (Wildman–Crippen LogP) is 1.61. The molecule has 0 spiro atoms. The fourth-order valence-corrected chi connectivity index (χ4v) is 1.05. The lowest BCUT2D eigenvalue weighted by Crippen LogP contribution is -2.11. The van der Waals surface area contributed by atoms with Crippen LogP contribution in [0.5, 0.6) is 5.75 Å². The highest BCUT2D eigenvalue weighted by atomic mass is 16.5. The standard InChI is InChI=1S/C10H12BNO2/c1-2-14-9-6-4-3-5-8(9)12-10(13)7-11/h3-6H,2,7H2,1H3,(H,12,13). The van der Waals surface area contributed by atoms with Crippen LogP contribution in [0.3, 0.4) is 0 Å². The molecule has 0 unspecified atom stereocenters. The summed E-state index contributed by atoms with van der Waals surface area (Å²) in [6.07, 6.45) is -0.0273. The van der Waals surface area contributed by atoms with E-state index in [1.54, 1.807) is 12.1 Å². The van der Waals surface area contributed by atoms with Crippen molar-refractivity contribution in [3.05, 3.63) is 24.3 Å². The van der Waals surface area contributed by atoms with Crippen LogP contribution in [0, 0.1) is 0 Å². The number of rotatable bonds is 4. The minimum Gasteiger partial charge on any atom is -0.492 e. The van der Waals surface area contributed by atoms with Crippen LogP contribution in [0.25, 0.3) is 0 Å². The summed E-state index contributed by atoms with van der Waals surface area (Å²) in [6, 6.07) is 7.26. The van der Waals surface area contributed by atoms with Crippen LogP contribution in [0.1, 0.15) is 6.92 Å². The number of ether oxygens (including phenoxy) is 1. The molecular formula is C10H12BNO2. The molecule has 1 aromatic rings. The smallest absolute Gasteiger partial charge is 0.215 e. The van der Waals surface area contributed by atoms with Gasteiger partial charge in [0.05, 0.1) is 20.1 Å². The summed E-state index contributed by atoms with van der Waals surface area (Å²) < 4.78 is 5.33. The summed E-state index contributed by atoms with van der Waals surface area (Å²) in [5.41, 5.74) is 0.657. The minimum absolute atomic E-state index is 0.0273. The molecule has 0 saturated heterocycles. The van der Waals surface area contributed by atoms with Gasteiger partial charge in [-0.2, -0.15) is 0 Å². The van der Waals surface area contributed by atoms with Gasteiger partial charge in [-0.05, 0) is 25.4 Å². The Hall–Kier alpha value is -1.45. The van der Waals surface area contributed by atoms with Gasteiger partial charge >= 0.3 is 0 Å². The maximum atomic E-state index is 11.0. The number of hydrogen-bond acceptors (Lipinski definition) is 2. The lowest BCUT2D eigenvalue weighted by molar-refractivity contribution is -0.114. The number of anilines is 1. The summed E-state index contributed by atoms with van der Waals surface area (Å²) in [5.74, 6) is 0.439. The average Bonchev–Trinajstić information content (AvgIpc) is 2.21. The molecule has 72 valence electrons. The Kier molecular flexibility index (Phi) is 4.04. The third-order valence-corrected chi connectivity index (χ3v) is 1.65. The highest BCUT2D eigenvalue weighted by Crippen LogP contribution is 2.23. The normalized spacial score (nSPS) is 9.50. The maximum absolute atomic E-state index is 11.0. The van der Waals surface area contributed by atoms with E-state index in [4.69, 9.17) is 12.6 Å². The van der Waals surface area contributed by atoms with Crippen LogP contribution >= 0.6 is 0 Å². The maximum Gasteiger partial charge on any atom is 0.215 e. The highest BCUT2D eigenvalue weighted by molar-refractivity contribution is 6.22. The van der Waals surface area contributed by atoms with Crippen LogP contribution in [0.15, 0.2) is 24.3 Å². The first-order valence-corrected chi connectivity index (χ1v) is 4.49. The van der Waals surface area contributed by atoms with Gasteiger partial charge in [0.1, 0.15) is 5.75 Å². The Morgan fingerprint density at radius 2 is 2.21 bits per heavy atom. The molecule has 0 aliphatic carbocycles. The van der Waals surface area contributed by atoms with Crippen LogP contribution in [0.4, 0.5) is 5.69 Å². The first-order valence-electron chi connectivity index (χ1n) is 4.49. The van der Waals surface area contributed by atoms with E-state index in [-0.39, 0.29) is 12.2 Å². The Bertz CT molecular complexity index is 315. The summed E-state index contributed by atoms with van der Waals surface area (Å²) >= 11 is 0. The second-order valence-corrected chi connectivity index (χ2v) is 2.68. The molecule has 0 heterocycles. The van der Waals surface area contributed by atoms with Gasteiger partial charge < -0.3 is 10.1 Å². The van der Waals surface area contributed by atoms with Crippen LogP contribution < -0.4 is 10.1 Å². The molecule has 0 fully saturated rings. The van der Waals surface area contributed by atoms with Gasteiger partial charge in [0.25, 0.3) is 0 Å². The van der Waals surface area contributed by atoms with Crippen molar-refractivity contribution >= 4 is 19.4 Å². The average molecular weight is 189 g/mol. The topological polar surface area (TPSA) is 38.3 Å². The van der Waals surface area contributed by atoms with E-state index in [0.29, 0.717) is 18.0 Å². The van der Waals surface area contributed by atoms with E-state index < -0.39 is 0 Å². The molecule has 1 aromatic carbocycles. The number of benzene rings is 1. The number of nitrogens with one attached hydrogen (secondary N) is 1. The van der Waals surface area contributed by atoms with Crippen LogP contribution in [-0.4, -0.2) is 20.4 Å². The van der Waals surface area contributed by atoms with E-state index in [9.17, 15) is 4.79 Å². The van der Waals surface area contributed by atoms with Gasteiger partial charge in [0.15, 0.2) is 0 Å². The quantitative estimate of drug-likeness (QED) is 0.730. The third-order valence-electron chi connectivity index (χ3n) is 1.65. The fraction of sp³-hybridized carbons (Fsp3) is 0.300. The van der Waals surface area contributed by atoms with Gasteiger partial charge in [-0.15, -0.1) is 0 Å². The Labute approximate surface area is 84.9 Å². The predicted molar refractivity (Wildman–Crippen MR) is 56.8 cm³/mol. The minimum atomic E-state index is -0.225. The monoisotopic (exact) mass is 189 g/mol. The van der Waals surface area contributed by atoms with E-state index in [2.05, 4.69) is 5.32 Å². The lowest BCUT2D eigenvalue weighted by atomic mass is 10.0. The lowest BCUT2D eigenvalue weighted by Gasteiger charge is -2.10. The van der Waals surface area contributed by atoms with E-state index in [1.807, 2.05) is 19.1 Å². The van der Waals surface area contributed by atoms with E-state index in [1.165, 1.54) is 0 Å². The molecule has 0 saturated carbocycles. The first-order chi connectivity index (χ1) is 6.77. The van der Waals surface area contributed by atoms with Gasteiger partial charge in [-0.3, -0.25) is 4.79 Å². The van der Waals surface area contributed by atoms with Crippen molar-refractivity contribution in [3.8, 4) is 5.75 Å². The molecular weight excluding hydrogens is 177 g/mol. The molecule has 1 amide bonds. The zero-order valence-corrected chi connectivity index (χ0v) is 8.12. The zero-order chi connectivity index (χ0) is 10.4. The highest BCUT2D eigenvalue weighted by Gasteiger charge is 2.04. The zero-order valence-electron chi connectivity index (χ0n) is 8.12. The third kappa shape index (κ3) is 2.80. The molecule has 14 heavy (non-hydrogen) atoms. The molecule has 0 atom stereocenters. The fourth-order valence-electron chi connectivity index (χ4n) is 1.05. The molecule has 0 aliphatic rings. The molecule has 0 aliphatic heterocycles. The summed E-state index contributed by atoms with van der Waals surface area (Å²) in [4.78, 5) is 11.0. The Morgan fingerprint density at radius 1 is 1.50 bits per heavy atom. The van der Waals surface area contributed by atoms with E-state index >= 15 is 0 Å².